The predicted molar refractivity (Wildman–Crippen MR) is 146 cm³/mol. The summed E-state index contributed by atoms with van der Waals surface area (Å²) in [4.78, 5) is 65.9. The van der Waals surface area contributed by atoms with Crippen LogP contribution in [0, 0.1) is 16.0 Å². The van der Waals surface area contributed by atoms with Crippen LogP contribution in [0.25, 0.3) is 0 Å². The summed E-state index contributed by atoms with van der Waals surface area (Å²) in [5.74, 6) is -3.09. The quantitative estimate of drug-likeness (QED) is 0.341. The van der Waals surface area contributed by atoms with Crippen LogP contribution in [0.4, 0.5) is 5.69 Å². The number of aliphatic carboxylic acids is 1. The predicted octanol–water partition coefficient (Wildman–Crippen LogP) is 4.42. The molecular weight excluding hydrogens is 563 g/mol. The number of carbonyl (C=O) groups is 4. The molecule has 0 spiro atoms. The molecule has 0 radical (unpaired) electrons. The lowest BCUT2D eigenvalue weighted by Crippen LogP contribution is -2.55. The standard InChI is InChI=1S/C27H28Cl2N4O7/c28-20-10-9-18(14-21(20)29)27(38)32-12-11-31(26(37)16-5-2-1-3-6-16)25(32)24(36)30-22(15-23(34)35)17-7-4-8-19(13-17)33(39)40/h4,7-10,13-14,16,22,25H,1-3,5-6,11-12,15H2,(H,30,36)(H,34,35). The summed E-state index contributed by atoms with van der Waals surface area (Å²) in [5, 5.41) is 23.8. The Morgan fingerprint density at radius 2 is 1.70 bits per heavy atom. The van der Waals surface area contributed by atoms with Crippen molar-refractivity contribution in [1.82, 2.24) is 15.1 Å². The fraction of sp³-hybridized carbons (Fsp3) is 0.407. The molecule has 11 nitrogen and oxygen atoms in total. The number of hydrogen-bond donors (Lipinski definition) is 2. The second-order valence-corrected chi connectivity index (χ2v) is 10.7. The Morgan fingerprint density at radius 1 is 1.00 bits per heavy atom. The highest BCUT2D eigenvalue weighted by atomic mass is 35.5. The van der Waals surface area contributed by atoms with Gasteiger partial charge >= 0.3 is 5.97 Å². The molecule has 40 heavy (non-hydrogen) atoms. The average molecular weight is 591 g/mol. The second kappa shape index (κ2) is 12.6. The van der Waals surface area contributed by atoms with E-state index in [-0.39, 0.29) is 51.8 Å². The van der Waals surface area contributed by atoms with E-state index in [1.54, 1.807) is 0 Å². The number of carbonyl (C=O) groups excluding carboxylic acids is 3. The molecule has 2 fully saturated rings. The van der Waals surface area contributed by atoms with Crippen molar-refractivity contribution in [2.75, 3.05) is 13.1 Å². The van der Waals surface area contributed by atoms with E-state index in [0.717, 1.165) is 19.3 Å². The highest BCUT2D eigenvalue weighted by Gasteiger charge is 2.45. The first-order valence-electron chi connectivity index (χ1n) is 12.9. The van der Waals surface area contributed by atoms with Gasteiger partial charge in [0.2, 0.25) is 5.91 Å². The molecule has 2 atom stereocenters. The van der Waals surface area contributed by atoms with Crippen LogP contribution in [0.1, 0.15) is 60.5 Å². The summed E-state index contributed by atoms with van der Waals surface area (Å²) in [6.45, 7) is 0.177. The minimum absolute atomic E-state index is 0.0655. The molecular formula is C27H28Cl2N4O7. The molecule has 2 aromatic carbocycles. The van der Waals surface area contributed by atoms with E-state index in [1.807, 2.05) is 0 Å². The van der Waals surface area contributed by atoms with Gasteiger partial charge in [-0.1, -0.05) is 54.6 Å². The second-order valence-electron chi connectivity index (χ2n) is 9.88. The van der Waals surface area contributed by atoms with E-state index in [9.17, 15) is 34.4 Å². The summed E-state index contributed by atoms with van der Waals surface area (Å²) in [7, 11) is 0. The maximum absolute atomic E-state index is 13.8. The highest BCUT2D eigenvalue weighted by Crippen LogP contribution is 2.31. The molecule has 2 unspecified atom stereocenters. The molecule has 2 aliphatic rings. The topological polar surface area (TPSA) is 150 Å². The van der Waals surface area contributed by atoms with Crippen LogP contribution in [0.3, 0.4) is 0 Å². The van der Waals surface area contributed by atoms with Crippen LogP contribution in [-0.2, 0) is 14.4 Å². The number of hydrogen-bond acceptors (Lipinski definition) is 6. The third kappa shape index (κ3) is 6.53. The molecule has 212 valence electrons. The molecule has 1 heterocycles. The van der Waals surface area contributed by atoms with Crippen LogP contribution >= 0.6 is 23.2 Å². The Labute approximate surface area is 240 Å². The maximum atomic E-state index is 13.8. The van der Waals surface area contributed by atoms with Crippen molar-refractivity contribution in [3.05, 3.63) is 73.8 Å². The largest absolute Gasteiger partial charge is 0.481 e. The van der Waals surface area contributed by atoms with Crippen LogP contribution in [-0.4, -0.2) is 62.8 Å². The summed E-state index contributed by atoms with van der Waals surface area (Å²) in [6, 6.07) is 8.45. The van der Waals surface area contributed by atoms with Crippen molar-refractivity contribution in [2.24, 2.45) is 5.92 Å². The van der Waals surface area contributed by atoms with E-state index in [4.69, 9.17) is 23.2 Å². The maximum Gasteiger partial charge on any atom is 0.305 e. The van der Waals surface area contributed by atoms with E-state index >= 15 is 0 Å². The van der Waals surface area contributed by atoms with Gasteiger partial charge in [-0.2, -0.15) is 0 Å². The number of amides is 3. The highest BCUT2D eigenvalue weighted by molar-refractivity contribution is 6.42. The number of halogens is 2. The Hall–Kier alpha value is -3.70. The molecule has 2 N–H and O–H groups in total. The summed E-state index contributed by atoms with van der Waals surface area (Å²) in [5.41, 5.74) is 0.101. The molecule has 1 aliphatic carbocycles. The summed E-state index contributed by atoms with van der Waals surface area (Å²) in [6.07, 6.45) is 2.24. The molecule has 3 amide bonds. The molecule has 0 bridgehead atoms. The number of nitro groups is 1. The number of non-ortho nitro benzene ring substituents is 1. The number of rotatable bonds is 8. The number of nitro benzene ring substituents is 1. The van der Waals surface area contributed by atoms with Crippen molar-refractivity contribution in [3.63, 3.8) is 0 Å². The Balaban J connectivity index is 1.67. The van der Waals surface area contributed by atoms with Crippen molar-refractivity contribution in [2.45, 2.75) is 50.7 Å². The van der Waals surface area contributed by atoms with Crippen molar-refractivity contribution in [3.8, 4) is 0 Å². The fourth-order valence-corrected chi connectivity index (χ4v) is 5.56. The van der Waals surface area contributed by atoms with Crippen LogP contribution in [0.2, 0.25) is 10.0 Å². The lowest BCUT2D eigenvalue weighted by atomic mass is 9.88. The van der Waals surface area contributed by atoms with Gasteiger partial charge in [0, 0.05) is 36.7 Å². The number of nitrogens with zero attached hydrogens (tertiary/aromatic N) is 3. The molecule has 4 rings (SSSR count). The number of carboxylic acids is 1. The van der Waals surface area contributed by atoms with Crippen LogP contribution in [0.15, 0.2) is 42.5 Å². The first-order chi connectivity index (χ1) is 19.1. The van der Waals surface area contributed by atoms with E-state index in [2.05, 4.69) is 5.32 Å². The Morgan fingerprint density at radius 3 is 2.35 bits per heavy atom. The van der Waals surface area contributed by atoms with Gasteiger partial charge in [-0.3, -0.25) is 29.3 Å². The van der Waals surface area contributed by atoms with Gasteiger partial charge in [0.25, 0.3) is 17.5 Å². The van der Waals surface area contributed by atoms with Gasteiger partial charge in [0.1, 0.15) is 0 Å². The fourth-order valence-electron chi connectivity index (χ4n) is 5.26. The lowest BCUT2D eigenvalue weighted by Gasteiger charge is -2.33. The average Bonchev–Trinajstić information content (AvgIpc) is 3.39. The smallest absolute Gasteiger partial charge is 0.305 e. The third-order valence-corrected chi connectivity index (χ3v) is 7.99. The molecule has 1 aliphatic heterocycles. The zero-order valence-corrected chi connectivity index (χ0v) is 22.9. The van der Waals surface area contributed by atoms with Crippen molar-refractivity contribution in [1.29, 1.82) is 0 Å². The molecule has 0 aromatic heterocycles. The van der Waals surface area contributed by atoms with Crippen molar-refractivity contribution < 1.29 is 29.2 Å². The number of benzene rings is 2. The lowest BCUT2D eigenvalue weighted by molar-refractivity contribution is -0.384. The van der Waals surface area contributed by atoms with E-state index < -0.39 is 41.3 Å². The minimum atomic E-state index is -1.36. The van der Waals surface area contributed by atoms with E-state index in [0.29, 0.717) is 12.8 Å². The first-order valence-corrected chi connectivity index (χ1v) is 13.7. The van der Waals surface area contributed by atoms with Gasteiger partial charge in [-0.25, -0.2) is 0 Å². The van der Waals surface area contributed by atoms with Gasteiger partial charge in [0.05, 0.1) is 27.4 Å². The Kier molecular flexibility index (Phi) is 9.26. The minimum Gasteiger partial charge on any atom is -0.481 e. The SMILES string of the molecule is O=C(O)CC(NC(=O)C1N(C(=O)c2ccc(Cl)c(Cl)c2)CCN1C(=O)C1CCCCC1)c1cccc([N+](=O)[O-])c1. The molecule has 13 heteroatoms. The molecule has 2 aromatic rings. The van der Waals surface area contributed by atoms with Gasteiger partial charge < -0.3 is 20.2 Å². The summed E-state index contributed by atoms with van der Waals surface area (Å²) < 4.78 is 0. The zero-order chi connectivity index (χ0) is 29.0. The third-order valence-electron chi connectivity index (χ3n) is 7.25. The van der Waals surface area contributed by atoms with E-state index in [1.165, 1.54) is 52.3 Å². The van der Waals surface area contributed by atoms with Crippen LogP contribution < -0.4 is 5.32 Å². The van der Waals surface area contributed by atoms with Crippen molar-refractivity contribution >= 4 is 52.6 Å². The summed E-state index contributed by atoms with van der Waals surface area (Å²) >= 11 is 12.1. The number of carboxylic acid groups (broad SMARTS) is 1. The van der Waals surface area contributed by atoms with Crippen LogP contribution in [0.5, 0.6) is 0 Å². The molecule has 1 saturated heterocycles. The zero-order valence-electron chi connectivity index (χ0n) is 21.4. The molecule has 1 saturated carbocycles. The Bertz CT molecular complexity index is 1330. The number of nitrogens with one attached hydrogen (secondary N) is 1. The van der Waals surface area contributed by atoms with Gasteiger partial charge in [0.15, 0.2) is 6.17 Å². The van der Waals surface area contributed by atoms with Gasteiger partial charge in [-0.05, 0) is 36.6 Å². The monoisotopic (exact) mass is 590 g/mol. The normalized spacial score (nSPS) is 18.3. The first kappa shape index (κ1) is 29.3. The van der Waals surface area contributed by atoms with Gasteiger partial charge in [-0.15, -0.1) is 0 Å².